The zero-order valence-corrected chi connectivity index (χ0v) is 12.5. The minimum absolute atomic E-state index is 0.0224. The molecule has 0 aliphatic carbocycles. The molecule has 1 aromatic carbocycles. The highest BCUT2D eigenvalue weighted by molar-refractivity contribution is 5.96. The Hall–Kier alpha value is -2.07. The fourth-order valence-electron chi connectivity index (χ4n) is 2.88. The van der Waals surface area contributed by atoms with Crippen molar-refractivity contribution in [2.24, 2.45) is 7.05 Å². The second kappa shape index (κ2) is 5.74. The molecule has 4 heteroatoms. The van der Waals surface area contributed by atoms with Crippen molar-refractivity contribution in [1.82, 2.24) is 9.47 Å². The maximum Gasteiger partial charge on any atom is 0.254 e. The number of rotatable bonds is 2. The first-order valence-electron chi connectivity index (χ1n) is 7.24. The van der Waals surface area contributed by atoms with Gasteiger partial charge in [-0.15, -0.1) is 0 Å². The first kappa shape index (κ1) is 13.9. The van der Waals surface area contributed by atoms with Gasteiger partial charge in [-0.05, 0) is 30.7 Å². The number of nitrogens with zero attached hydrogens (tertiary/aromatic N) is 2. The number of hydrogen-bond acceptors (Lipinski definition) is 2. The lowest BCUT2D eigenvalue weighted by atomic mass is 10.0. The largest absolute Gasteiger partial charge is 0.377 e. The molecule has 1 fully saturated rings. The van der Waals surface area contributed by atoms with Gasteiger partial charge in [-0.25, -0.2) is 0 Å². The minimum Gasteiger partial charge on any atom is -0.377 e. The van der Waals surface area contributed by atoms with E-state index >= 15 is 0 Å². The summed E-state index contributed by atoms with van der Waals surface area (Å²) in [6, 6.07) is 11.8. The molecular formula is C17H20N2O2. The summed E-state index contributed by atoms with van der Waals surface area (Å²) < 4.78 is 7.65. The minimum atomic E-state index is -0.0224. The molecule has 1 amide bonds. The predicted molar refractivity (Wildman–Crippen MR) is 81.2 cm³/mol. The Labute approximate surface area is 124 Å². The van der Waals surface area contributed by atoms with E-state index in [0.29, 0.717) is 19.8 Å². The van der Waals surface area contributed by atoms with Crippen LogP contribution < -0.4 is 0 Å². The van der Waals surface area contributed by atoms with Crippen molar-refractivity contribution in [2.45, 2.75) is 13.0 Å². The number of carbonyl (C=O) groups excluding carboxylic acids is 1. The van der Waals surface area contributed by atoms with Crippen molar-refractivity contribution in [2.75, 3.05) is 19.8 Å². The molecule has 2 heterocycles. The lowest BCUT2D eigenvalue weighted by molar-refractivity contribution is -0.00467. The normalized spacial score (nSPS) is 18.8. The van der Waals surface area contributed by atoms with Crippen LogP contribution in [0.2, 0.25) is 0 Å². The van der Waals surface area contributed by atoms with E-state index in [0.717, 1.165) is 16.8 Å². The van der Waals surface area contributed by atoms with E-state index in [1.165, 1.54) is 0 Å². The highest BCUT2D eigenvalue weighted by atomic mass is 16.5. The summed E-state index contributed by atoms with van der Waals surface area (Å²) >= 11 is 0. The maximum absolute atomic E-state index is 12.9. The van der Waals surface area contributed by atoms with Crippen LogP contribution in [0, 0.1) is 6.92 Å². The molecule has 1 aliphatic heterocycles. The topological polar surface area (TPSA) is 34.5 Å². The van der Waals surface area contributed by atoms with Gasteiger partial charge in [0.15, 0.2) is 0 Å². The Kier molecular flexibility index (Phi) is 3.80. The van der Waals surface area contributed by atoms with E-state index in [1.807, 2.05) is 55.4 Å². The zero-order valence-electron chi connectivity index (χ0n) is 12.5. The van der Waals surface area contributed by atoms with Gasteiger partial charge in [0.1, 0.15) is 0 Å². The number of benzene rings is 1. The molecule has 0 bridgehead atoms. The molecule has 21 heavy (non-hydrogen) atoms. The van der Waals surface area contributed by atoms with Crippen LogP contribution >= 0.6 is 0 Å². The van der Waals surface area contributed by atoms with E-state index in [1.54, 1.807) is 0 Å². The van der Waals surface area contributed by atoms with Crippen LogP contribution in [0.1, 0.15) is 27.7 Å². The smallest absolute Gasteiger partial charge is 0.254 e. The average molecular weight is 284 g/mol. The van der Waals surface area contributed by atoms with Gasteiger partial charge in [0.25, 0.3) is 5.91 Å². The van der Waals surface area contributed by atoms with Crippen LogP contribution in [0.5, 0.6) is 0 Å². The molecule has 1 atom stereocenters. The van der Waals surface area contributed by atoms with Crippen LogP contribution in [0.4, 0.5) is 0 Å². The molecule has 4 nitrogen and oxygen atoms in total. The molecule has 0 saturated carbocycles. The van der Waals surface area contributed by atoms with Gasteiger partial charge in [0, 0.05) is 31.0 Å². The second-order valence-corrected chi connectivity index (χ2v) is 5.45. The lowest BCUT2D eigenvalue weighted by Gasteiger charge is -2.36. The van der Waals surface area contributed by atoms with Crippen molar-refractivity contribution in [1.29, 1.82) is 0 Å². The van der Waals surface area contributed by atoms with Gasteiger partial charge < -0.3 is 14.2 Å². The van der Waals surface area contributed by atoms with Gasteiger partial charge in [-0.2, -0.15) is 0 Å². The summed E-state index contributed by atoms with van der Waals surface area (Å²) in [5.74, 6) is 0.0857. The number of hydrogen-bond donors (Lipinski definition) is 0. The maximum atomic E-state index is 12.9. The van der Waals surface area contributed by atoms with Gasteiger partial charge in [0.2, 0.25) is 0 Å². The lowest BCUT2D eigenvalue weighted by Crippen LogP contribution is -2.44. The van der Waals surface area contributed by atoms with E-state index in [4.69, 9.17) is 4.74 Å². The van der Waals surface area contributed by atoms with Crippen molar-refractivity contribution in [3.05, 3.63) is 59.4 Å². The Morgan fingerprint density at radius 3 is 2.76 bits per heavy atom. The SMILES string of the molecule is Cc1ccccc1C(=O)N1CCOC[C@@H]1c1cccn1C. The third kappa shape index (κ3) is 2.59. The van der Waals surface area contributed by atoms with Crippen LogP contribution in [0.15, 0.2) is 42.6 Å². The summed E-state index contributed by atoms with van der Waals surface area (Å²) in [5, 5.41) is 0. The molecule has 2 aromatic rings. The quantitative estimate of drug-likeness (QED) is 0.849. The standard InChI is InChI=1S/C17H20N2O2/c1-13-6-3-4-7-14(13)17(20)19-10-11-21-12-16(19)15-8-5-9-18(15)2/h3-9,16H,10-12H2,1-2H3/t16-/m1/s1. The Bertz CT molecular complexity index is 648. The summed E-state index contributed by atoms with van der Waals surface area (Å²) in [6.45, 7) is 3.75. The molecule has 1 aliphatic rings. The summed E-state index contributed by atoms with van der Waals surface area (Å²) in [6.07, 6.45) is 2.00. The molecule has 3 rings (SSSR count). The van der Waals surface area contributed by atoms with Gasteiger partial charge in [0.05, 0.1) is 19.3 Å². The molecule has 0 unspecified atom stereocenters. The van der Waals surface area contributed by atoms with E-state index in [2.05, 4.69) is 10.6 Å². The van der Waals surface area contributed by atoms with Crippen LogP contribution in [0.25, 0.3) is 0 Å². The fourth-order valence-corrected chi connectivity index (χ4v) is 2.88. The average Bonchev–Trinajstić information content (AvgIpc) is 2.93. The first-order valence-corrected chi connectivity index (χ1v) is 7.24. The van der Waals surface area contributed by atoms with Gasteiger partial charge in [-0.3, -0.25) is 4.79 Å². The molecule has 1 aromatic heterocycles. The first-order chi connectivity index (χ1) is 10.2. The zero-order chi connectivity index (χ0) is 14.8. The van der Waals surface area contributed by atoms with Crippen molar-refractivity contribution in [3.8, 4) is 0 Å². The Morgan fingerprint density at radius 1 is 1.24 bits per heavy atom. The van der Waals surface area contributed by atoms with Crippen LogP contribution in [-0.4, -0.2) is 35.1 Å². The highest BCUT2D eigenvalue weighted by Gasteiger charge is 2.31. The predicted octanol–water partition coefficient (Wildman–Crippen LogP) is 2.55. The van der Waals surface area contributed by atoms with E-state index in [9.17, 15) is 4.79 Å². The number of morpholine rings is 1. The van der Waals surface area contributed by atoms with Crippen LogP contribution in [0.3, 0.4) is 0 Å². The molecular weight excluding hydrogens is 264 g/mol. The molecule has 0 spiro atoms. The van der Waals surface area contributed by atoms with Crippen LogP contribution in [-0.2, 0) is 11.8 Å². The molecule has 0 radical (unpaired) electrons. The molecule has 110 valence electrons. The molecule has 0 N–H and O–H groups in total. The van der Waals surface area contributed by atoms with Crippen molar-refractivity contribution < 1.29 is 9.53 Å². The number of ether oxygens (including phenoxy) is 1. The number of aryl methyl sites for hydroxylation is 2. The van der Waals surface area contributed by atoms with E-state index < -0.39 is 0 Å². The summed E-state index contributed by atoms with van der Waals surface area (Å²) in [4.78, 5) is 14.8. The molecule has 1 saturated heterocycles. The number of aromatic nitrogens is 1. The second-order valence-electron chi connectivity index (χ2n) is 5.45. The third-order valence-electron chi connectivity index (χ3n) is 4.09. The Balaban J connectivity index is 1.93. The Morgan fingerprint density at radius 2 is 2.05 bits per heavy atom. The number of amides is 1. The van der Waals surface area contributed by atoms with Gasteiger partial charge in [-0.1, -0.05) is 18.2 Å². The number of carbonyl (C=O) groups is 1. The highest BCUT2D eigenvalue weighted by Crippen LogP contribution is 2.26. The summed E-state index contributed by atoms with van der Waals surface area (Å²) in [7, 11) is 2.00. The van der Waals surface area contributed by atoms with Crippen molar-refractivity contribution in [3.63, 3.8) is 0 Å². The van der Waals surface area contributed by atoms with Crippen molar-refractivity contribution >= 4 is 5.91 Å². The monoisotopic (exact) mass is 284 g/mol. The fraction of sp³-hybridized carbons (Fsp3) is 0.353. The van der Waals surface area contributed by atoms with Gasteiger partial charge >= 0.3 is 0 Å². The van der Waals surface area contributed by atoms with E-state index in [-0.39, 0.29) is 11.9 Å². The summed E-state index contributed by atoms with van der Waals surface area (Å²) in [5.41, 5.74) is 2.90. The third-order valence-corrected chi connectivity index (χ3v) is 4.09.